The van der Waals surface area contributed by atoms with Gasteiger partial charge in [-0.2, -0.15) is 0 Å². The summed E-state index contributed by atoms with van der Waals surface area (Å²) in [4.78, 5) is 48.4. The van der Waals surface area contributed by atoms with E-state index in [0.29, 0.717) is 24.9 Å². The van der Waals surface area contributed by atoms with Crippen molar-refractivity contribution >= 4 is 35.8 Å². The highest BCUT2D eigenvalue weighted by Gasteiger charge is 2.25. The Kier molecular flexibility index (Phi) is 12.5. The highest BCUT2D eigenvalue weighted by Crippen LogP contribution is 2.15. The Balaban J connectivity index is 1.85. The highest BCUT2D eigenvalue weighted by atomic mass is 16.6. The summed E-state index contributed by atoms with van der Waals surface area (Å²) < 4.78 is 10.7. The van der Waals surface area contributed by atoms with Crippen molar-refractivity contribution in [2.45, 2.75) is 78.4 Å². The van der Waals surface area contributed by atoms with Crippen LogP contribution in [0.5, 0.6) is 0 Å². The monoisotopic (exact) mass is 582 g/mol. The molecule has 0 bridgehead atoms. The molecule has 2 aromatic carbocycles. The molecule has 0 saturated heterocycles. The molecule has 0 aliphatic heterocycles. The molecule has 0 unspecified atom stereocenters. The van der Waals surface area contributed by atoms with Gasteiger partial charge >= 0.3 is 12.2 Å². The fraction of sp³-hybridized carbons (Fsp3) is 0.419. The zero-order valence-electron chi connectivity index (χ0n) is 25.2. The summed E-state index contributed by atoms with van der Waals surface area (Å²) in [6.45, 7) is 10.6. The highest BCUT2D eigenvalue weighted by molar-refractivity contribution is 5.91. The van der Waals surface area contributed by atoms with Crippen LogP contribution < -0.4 is 16.2 Å². The minimum atomic E-state index is -0.759. The van der Waals surface area contributed by atoms with Gasteiger partial charge < -0.3 is 14.8 Å². The van der Waals surface area contributed by atoms with Crippen LogP contribution in [0.2, 0.25) is 0 Å². The van der Waals surface area contributed by atoms with Gasteiger partial charge in [0.05, 0.1) is 6.54 Å². The van der Waals surface area contributed by atoms with Crippen LogP contribution in [0.1, 0.15) is 71.1 Å². The number of nitrogens with one attached hydrogen (secondary N) is 3. The quantitative estimate of drug-likeness (QED) is 0.167. The third-order valence-corrected chi connectivity index (χ3v) is 5.49. The van der Waals surface area contributed by atoms with E-state index >= 15 is 0 Å². The number of carbonyl (C=O) groups is 4. The Hall–Kier alpha value is -4.38. The number of nitrogens with zero attached hydrogens (tertiary/aromatic N) is 1. The molecule has 4 amide bonds. The first-order chi connectivity index (χ1) is 19.6. The summed E-state index contributed by atoms with van der Waals surface area (Å²) in [6, 6.07) is 14.8. The molecule has 0 radical (unpaired) electrons. The van der Waals surface area contributed by atoms with Crippen molar-refractivity contribution in [1.82, 2.24) is 15.9 Å². The van der Waals surface area contributed by atoms with E-state index in [1.807, 2.05) is 36.4 Å². The van der Waals surface area contributed by atoms with Crippen LogP contribution in [-0.2, 0) is 31.9 Å². The predicted molar refractivity (Wildman–Crippen MR) is 159 cm³/mol. The molecule has 0 aliphatic carbocycles. The van der Waals surface area contributed by atoms with Crippen LogP contribution in [-0.4, -0.2) is 52.0 Å². The summed E-state index contributed by atoms with van der Waals surface area (Å²) in [5.41, 5.74) is 5.97. The predicted octanol–water partition coefficient (Wildman–Crippen LogP) is 5.39. The molecule has 0 saturated carbocycles. The smallest absolute Gasteiger partial charge is 0.429 e. The van der Waals surface area contributed by atoms with Crippen molar-refractivity contribution in [3.8, 4) is 0 Å². The Morgan fingerprint density at radius 3 is 1.98 bits per heavy atom. The van der Waals surface area contributed by atoms with Crippen molar-refractivity contribution in [3.63, 3.8) is 0 Å². The van der Waals surface area contributed by atoms with Crippen molar-refractivity contribution in [3.05, 3.63) is 71.3 Å². The number of amides is 4. The van der Waals surface area contributed by atoms with E-state index in [9.17, 15) is 19.2 Å². The molecule has 2 rings (SSSR count). The van der Waals surface area contributed by atoms with E-state index in [4.69, 9.17) is 14.7 Å². The maximum absolute atomic E-state index is 12.7. The third-order valence-electron chi connectivity index (χ3n) is 5.49. The van der Waals surface area contributed by atoms with Crippen molar-refractivity contribution < 1.29 is 33.9 Å². The molecule has 0 fully saturated rings. The molecular weight excluding hydrogens is 540 g/mol. The van der Waals surface area contributed by atoms with Crippen LogP contribution in [0.3, 0.4) is 0 Å². The Labute approximate surface area is 247 Å². The fourth-order valence-corrected chi connectivity index (χ4v) is 3.60. The molecule has 11 nitrogen and oxygen atoms in total. The lowest BCUT2D eigenvalue weighted by Crippen LogP contribution is -2.50. The minimum absolute atomic E-state index is 0.102. The van der Waals surface area contributed by atoms with E-state index in [0.717, 1.165) is 28.1 Å². The second-order valence-corrected chi connectivity index (χ2v) is 11.6. The van der Waals surface area contributed by atoms with Gasteiger partial charge in [0.25, 0.3) is 5.91 Å². The number of carbonyl (C=O) groups excluding carboxylic acids is 4. The van der Waals surface area contributed by atoms with E-state index in [2.05, 4.69) is 10.7 Å². The number of hydrogen-bond donors (Lipinski definition) is 4. The van der Waals surface area contributed by atoms with E-state index in [-0.39, 0.29) is 12.5 Å². The topological polar surface area (TPSA) is 146 Å². The standard InChI is InChI=1S/C31H42N4O7/c1-30(2,3)41-28(38)33-35(29(39)42-31(4,5)6)21-20-24-14-17-25(18-15-24)32-26(36)9-7-8-22-10-12-23(13-11-22)16-19-27(37)34-40/h10-19,40H,7-9,20-21H2,1-6H3,(H,32,36)(H,33,38)(H,34,37). The van der Waals surface area contributed by atoms with E-state index in [1.165, 1.54) is 11.6 Å². The molecule has 228 valence electrons. The Morgan fingerprint density at radius 1 is 0.833 bits per heavy atom. The summed E-state index contributed by atoms with van der Waals surface area (Å²) in [5, 5.41) is 12.5. The first kappa shape index (κ1) is 33.8. The first-order valence-electron chi connectivity index (χ1n) is 13.7. The first-order valence-corrected chi connectivity index (χ1v) is 13.7. The fourth-order valence-electron chi connectivity index (χ4n) is 3.60. The van der Waals surface area contributed by atoms with Gasteiger partial charge in [0.1, 0.15) is 11.2 Å². The third kappa shape index (κ3) is 13.8. The van der Waals surface area contributed by atoms with Gasteiger partial charge in [-0.15, -0.1) is 0 Å². The maximum atomic E-state index is 12.7. The number of anilines is 1. The molecular formula is C31H42N4O7. The SMILES string of the molecule is CC(C)(C)OC(=O)NN(CCc1ccc(NC(=O)CCCc2ccc(C=CC(=O)NO)cc2)cc1)C(=O)OC(C)(C)C. The van der Waals surface area contributed by atoms with E-state index < -0.39 is 29.3 Å². The number of hydrogen-bond acceptors (Lipinski definition) is 7. The summed E-state index contributed by atoms with van der Waals surface area (Å²) in [6.07, 6.45) is 3.52. The molecule has 0 heterocycles. The Morgan fingerprint density at radius 2 is 1.40 bits per heavy atom. The zero-order valence-corrected chi connectivity index (χ0v) is 25.2. The summed E-state index contributed by atoms with van der Waals surface area (Å²) in [5.74, 6) is -0.702. The van der Waals surface area contributed by atoms with E-state index in [1.54, 1.807) is 59.8 Å². The number of benzene rings is 2. The summed E-state index contributed by atoms with van der Waals surface area (Å²) in [7, 11) is 0. The van der Waals surface area contributed by atoms with Gasteiger partial charge in [0.15, 0.2) is 0 Å². The molecule has 0 spiro atoms. The lowest BCUT2D eigenvalue weighted by atomic mass is 10.1. The van der Waals surface area contributed by atoms with Gasteiger partial charge in [-0.25, -0.2) is 25.5 Å². The molecule has 0 atom stereocenters. The largest absolute Gasteiger partial charge is 0.443 e. The van der Waals surface area contributed by atoms with Crippen LogP contribution in [0.15, 0.2) is 54.6 Å². The number of ether oxygens (including phenoxy) is 2. The number of hydroxylamine groups is 1. The second kappa shape index (κ2) is 15.6. The van der Waals surface area contributed by atoms with Gasteiger partial charge in [-0.05, 0) is 95.7 Å². The molecule has 42 heavy (non-hydrogen) atoms. The lowest BCUT2D eigenvalue weighted by Gasteiger charge is -2.28. The average molecular weight is 583 g/mol. The van der Waals surface area contributed by atoms with Crippen molar-refractivity contribution in [1.29, 1.82) is 0 Å². The average Bonchev–Trinajstić information content (AvgIpc) is 2.89. The Bertz CT molecular complexity index is 1230. The van der Waals surface area contributed by atoms with Crippen LogP contribution in [0.25, 0.3) is 6.08 Å². The number of hydrazine groups is 1. The molecule has 2 aromatic rings. The number of aryl methyl sites for hydroxylation is 1. The lowest BCUT2D eigenvalue weighted by molar-refractivity contribution is -0.124. The van der Waals surface area contributed by atoms with Crippen LogP contribution in [0.4, 0.5) is 15.3 Å². The summed E-state index contributed by atoms with van der Waals surface area (Å²) >= 11 is 0. The van der Waals surface area contributed by atoms with Gasteiger partial charge in [-0.3, -0.25) is 14.8 Å². The molecule has 0 aliphatic rings. The van der Waals surface area contributed by atoms with Crippen molar-refractivity contribution in [2.24, 2.45) is 0 Å². The zero-order chi connectivity index (χ0) is 31.3. The van der Waals surface area contributed by atoms with Gasteiger partial charge in [-0.1, -0.05) is 36.4 Å². The maximum Gasteiger partial charge on any atom is 0.429 e. The number of rotatable bonds is 10. The normalized spacial score (nSPS) is 11.5. The molecule has 4 N–H and O–H groups in total. The van der Waals surface area contributed by atoms with Gasteiger partial charge in [0, 0.05) is 18.2 Å². The molecule has 11 heteroatoms. The minimum Gasteiger partial charge on any atom is -0.443 e. The molecule has 0 aromatic heterocycles. The van der Waals surface area contributed by atoms with Crippen molar-refractivity contribution in [2.75, 3.05) is 11.9 Å². The van der Waals surface area contributed by atoms with Crippen LogP contribution >= 0.6 is 0 Å². The van der Waals surface area contributed by atoms with Gasteiger partial charge in [0.2, 0.25) is 5.91 Å². The second-order valence-electron chi connectivity index (χ2n) is 11.6. The van der Waals surface area contributed by atoms with Crippen LogP contribution in [0, 0.1) is 0 Å².